The molecule has 0 aromatic carbocycles. The van der Waals surface area contributed by atoms with Crippen molar-refractivity contribution in [2.45, 2.75) is 25.5 Å². The molecule has 2 N–H and O–H groups in total. The molecule has 0 aliphatic carbocycles. The van der Waals surface area contributed by atoms with Crippen LogP contribution in [0.2, 0.25) is 0 Å². The highest BCUT2D eigenvalue weighted by molar-refractivity contribution is 5.81. The van der Waals surface area contributed by atoms with E-state index in [2.05, 4.69) is 0 Å². The molecular formula is C8H16N2O2. The van der Waals surface area contributed by atoms with E-state index in [-0.39, 0.29) is 18.1 Å². The fourth-order valence-corrected chi connectivity index (χ4v) is 1.41. The van der Waals surface area contributed by atoms with Gasteiger partial charge in [0.2, 0.25) is 5.91 Å². The van der Waals surface area contributed by atoms with E-state index in [1.54, 1.807) is 18.9 Å². The summed E-state index contributed by atoms with van der Waals surface area (Å²) in [5.41, 5.74) is 5.47. The van der Waals surface area contributed by atoms with E-state index in [0.29, 0.717) is 6.54 Å². The van der Waals surface area contributed by atoms with Gasteiger partial charge in [-0.25, -0.2) is 0 Å². The third-order valence-electron chi connectivity index (χ3n) is 2.18. The van der Waals surface area contributed by atoms with Gasteiger partial charge in [0.1, 0.15) is 0 Å². The molecule has 0 radical (unpaired) electrons. The number of amides is 1. The summed E-state index contributed by atoms with van der Waals surface area (Å²) in [6.07, 6.45) is 1.13. The van der Waals surface area contributed by atoms with Crippen LogP contribution in [0, 0.1) is 0 Å². The summed E-state index contributed by atoms with van der Waals surface area (Å²) >= 11 is 0. The molecule has 2 atom stereocenters. The number of methoxy groups -OCH3 is 1. The highest BCUT2D eigenvalue weighted by Gasteiger charge is 2.27. The Morgan fingerprint density at radius 3 is 2.83 bits per heavy atom. The highest BCUT2D eigenvalue weighted by atomic mass is 16.5. The van der Waals surface area contributed by atoms with Crippen molar-refractivity contribution in [3.05, 3.63) is 0 Å². The molecule has 1 fully saturated rings. The quantitative estimate of drug-likeness (QED) is 0.615. The Balaban J connectivity index is 2.41. The van der Waals surface area contributed by atoms with Crippen molar-refractivity contribution in [2.24, 2.45) is 5.73 Å². The van der Waals surface area contributed by atoms with Crippen LogP contribution in [0.5, 0.6) is 0 Å². The third kappa shape index (κ3) is 1.95. The number of nitrogens with two attached hydrogens (primary N) is 1. The molecule has 0 spiro atoms. The number of likely N-dealkylation sites (tertiary alicyclic amines) is 1. The topological polar surface area (TPSA) is 55.6 Å². The monoisotopic (exact) mass is 172 g/mol. The molecule has 1 amide bonds. The summed E-state index contributed by atoms with van der Waals surface area (Å²) in [6, 6.07) is -0.388. The average Bonchev–Trinajstić information content (AvgIpc) is 2.50. The Kier molecular flexibility index (Phi) is 3.05. The van der Waals surface area contributed by atoms with Gasteiger partial charge in [0, 0.05) is 20.2 Å². The molecular weight excluding hydrogens is 156 g/mol. The maximum atomic E-state index is 11.4. The largest absolute Gasteiger partial charge is 0.380 e. The van der Waals surface area contributed by atoms with Crippen LogP contribution in [0.1, 0.15) is 13.3 Å². The van der Waals surface area contributed by atoms with Crippen LogP contribution < -0.4 is 5.73 Å². The minimum atomic E-state index is -0.388. The first-order valence-corrected chi connectivity index (χ1v) is 4.22. The van der Waals surface area contributed by atoms with Gasteiger partial charge in [-0.15, -0.1) is 0 Å². The third-order valence-corrected chi connectivity index (χ3v) is 2.18. The molecule has 1 aliphatic rings. The Hall–Kier alpha value is -0.610. The highest BCUT2D eigenvalue weighted by Crippen LogP contribution is 2.12. The molecule has 70 valence electrons. The van der Waals surface area contributed by atoms with Gasteiger partial charge in [-0.1, -0.05) is 0 Å². The molecule has 1 heterocycles. The van der Waals surface area contributed by atoms with Crippen molar-refractivity contribution < 1.29 is 9.53 Å². The molecule has 0 aromatic rings. The van der Waals surface area contributed by atoms with Crippen molar-refractivity contribution in [3.63, 3.8) is 0 Å². The predicted octanol–water partition coefficient (Wildman–Crippen LogP) is -0.419. The summed E-state index contributed by atoms with van der Waals surface area (Å²) < 4.78 is 5.14. The van der Waals surface area contributed by atoms with Crippen molar-refractivity contribution in [2.75, 3.05) is 20.2 Å². The second-order valence-electron chi connectivity index (χ2n) is 3.22. The second kappa shape index (κ2) is 3.87. The minimum Gasteiger partial charge on any atom is -0.380 e. The predicted molar refractivity (Wildman–Crippen MR) is 45.6 cm³/mol. The van der Waals surface area contributed by atoms with Gasteiger partial charge in [0.25, 0.3) is 0 Å². The van der Waals surface area contributed by atoms with E-state index in [0.717, 1.165) is 13.0 Å². The van der Waals surface area contributed by atoms with Crippen molar-refractivity contribution in [1.82, 2.24) is 4.90 Å². The van der Waals surface area contributed by atoms with E-state index in [1.165, 1.54) is 0 Å². The number of ether oxygens (including phenoxy) is 1. The SMILES string of the molecule is CO[C@@H]1CCN(C(=O)[C@@H](C)N)C1. The lowest BCUT2D eigenvalue weighted by atomic mass is 10.3. The van der Waals surface area contributed by atoms with E-state index in [9.17, 15) is 4.79 Å². The second-order valence-corrected chi connectivity index (χ2v) is 3.22. The zero-order valence-electron chi connectivity index (χ0n) is 7.62. The smallest absolute Gasteiger partial charge is 0.239 e. The molecule has 4 heteroatoms. The summed E-state index contributed by atoms with van der Waals surface area (Å²) in [4.78, 5) is 13.1. The summed E-state index contributed by atoms with van der Waals surface area (Å²) in [5.74, 6) is 0.0227. The van der Waals surface area contributed by atoms with Crippen molar-refractivity contribution in [3.8, 4) is 0 Å². The Bertz CT molecular complexity index is 170. The maximum Gasteiger partial charge on any atom is 0.239 e. The van der Waals surface area contributed by atoms with Crippen molar-refractivity contribution >= 4 is 5.91 Å². The molecule has 1 saturated heterocycles. The average molecular weight is 172 g/mol. The first-order chi connectivity index (χ1) is 5.65. The Morgan fingerprint density at radius 2 is 2.42 bits per heavy atom. The molecule has 0 bridgehead atoms. The van der Waals surface area contributed by atoms with Crippen LogP contribution in [0.25, 0.3) is 0 Å². The Labute approximate surface area is 72.7 Å². The lowest BCUT2D eigenvalue weighted by Crippen LogP contribution is -2.41. The first-order valence-electron chi connectivity index (χ1n) is 4.22. The number of carbonyl (C=O) groups is 1. The fraction of sp³-hybridized carbons (Fsp3) is 0.875. The lowest BCUT2D eigenvalue weighted by molar-refractivity contribution is -0.131. The van der Waals surface area contributed by atoms with Gasteiger partial charge < -0.3 is 15.4 Å². The zero-order chi connectivity index (χ0) is 9.14. The molecule has 1 rings (SSSR count). The van der Waals surface area contributed by atoms with Gasteiger partial charge in [-0.2, -0.15) is 0 Å². The molecule has 0 unspecified atom stereocenters. The van der Waals surface area contributed by atoms with Crippen LogP contribution in [0.3, 0.4) is 0 Å². The molecule has 0 aromatic heterocycles. The van der Waals surface area contributed by atoms with Gasteiger partial charge in [-0.3, -0.25) is 4.79 Å². The first kappa shape index (κ1) is 9.48. The molecule has 12 heavy (non-hydrogen) atoms. The number of hydrogen-bond acceptors (Lipinski definition) is 3. The van der Waals surface area contributed by atoms with Gasteiger partial charge >= 0.3 is 0 Å². The van der Waals surface area contributed by atoms with Crippen LogP contribution >= 0.6 is 0 Å². The van der Waals surface area contributed by atoms with E-state index < -0.39 is 0 Å². The molecule has 1 aliphatic heterocycles. The van der Waals surface area contributed by atoms with E-state index >= 15 is 0 Å². The van der Waals surface area contributed by atoms with Gasteiger partial charge in [0.05, 0.1) is 12.1 Å². The van der Waals surface area contributed by atoms with Crippen LogP contribution in [0.4, 0.5) is 0 Å². The number of rotatable bonds is 2. The van der Waals surface area contributed by atoms with E-state index in [4.69, 9.17) is 10.5 Å². The molecule has 0 saturated carbocycles. The van der Waals surface area contributed by atoms with Gasteiger partial charge in [0.15, 0.2) is 0 Å². The standard InChI is InChI=1S/C8H16N2O2/c1-6(9)8(11)10-4-3-7(5-10)12-2/h6-7H,3-5,9H2,1-2H3/t6-,7-/m1/s1. The molecule has 4 nitrogen and oxygen atoms in total. The minimum absolute atomic E-state index is 0.0227. The Morgan fingerprint density at radius 1 is 1.75 bits per heavy atom. The van der Waals surface area contributed by atoms with Crippen molar-refractivity contribution in [1.29, 1.82) is 0 Å². The van der Waals surface area contributed by atoms with Crippen LogP contribution in [-0.4, -0.2) is 43.2 Å². The summed E-state index contributed by atoms with van der Waals surface area (Å²) in [7, 11) is 1.67. The summed E-state index contributed by atoms with van der Waals surface area (Å²) in [5, 5.41) is 0. The van der Waals surface area contributed by atoms with Gasteiger partial charge in [-0.05, 0) is 13.3 Å². The lowest BCUT2D eigenvalue weighted by Gasteiger charge is -2.17. The van der Waals surface area contributed by atoms with Crippen LogP contribution in [-0.2, 0) is 9.53 Å². The maximum absolute atomic E-state index is 11.4. The normalized spacial score (nSPS) is 25.9. The van der Waals surface area contributed by atoms with E-state index in [1.807, 2.05) is 0 Å². The fourth-order valence-electron chi connectivity index (χ4n) is 1.41. The number of hydrogen-bond donors (Lipinski definition) is 1. The summed E-state index contributed by atoms with van der Waals surface area (Å²) in [6.45, 7) is 3.18. The zero-order valence-corrected chi connectivity index (χ0v) is 7.62. The number of nitrogens with zero attached hydrogens (tertiary/aromatic N) is 1. The van der Waals surface area contributed by atoms with Crippen LogP contribution in [0.15, 0.2) is 0 Å². The number of carbonyl (C=O) groups excluding carboxylic acids is 1.